The molecule has 0 unspecified atom stereocenters. The molecule has 26 heavy (non-hydrogen) atoms. The summed E-state index contributed by atoms with van der Waals surface area (Å²) < 4.78 is 3.24. The first-order valence-corrected chi connectivity index (χ1v) is 10.1. The molecule has 3 aromatic rings. The number of nitrogen functional groups attached to an aromatic ring is 1. The van der Waals surface area contributed by atoms with Gasteiger partial charge in [0.25, 0.3) is 0 Å². The van der Waals surface area contributed by atoms with E-state index in [1.807, 2.05) is 18.3 Å². The highest BCUT2D eigenvalue weighted by Gasteiger charge is 2.22. The van der Waals surface area contributed by atoms with E-state index >= 15 is 0 Å². The van der Waals surface area contributed by atoms with Gasteiger partial charge in [-0.2, -0.15) is 0 Å². The van der Waals surface area contributed by atoms with E-state index in [-0.39, 0.29) is 0 Å². The number of nitrogens with two attached hydrogens (primary N) is 1. The Labute approximate surface area is 163 Å². The number of rotatable bonds is 4. The molecule has 136 valence electrons. The van der Waals surface area contributed by atoms with Crippen LogP contribution >= 0.6 is 15.9 Å². The van der Waals surface area contributed by atoms with E-state index < -0.39 is 0 Å². The molecule has 0 saturated heterocycles. The fourth-order valence-electron chi connectivity index (χ4n) is 3.99. The molecule has 4 nitrogen and oxygen atoms in total. The van der Waals surface area contributed by atoms with E-state index in [9.17, 15) is 0 Å². The first-order valence-electron chi connectivity index (χ1n) is 9.34. The second-order valence-corrected chi connectivity index (χ2v) is 8.23. The zero-order valence-electron chi connectivity index (χ0n) is 15.2. The third kappa shape index (κ3) is 3.51. The number of nitrogens with zero attached hydrogens (tertiary/aromatic N) is 3. The van der Waals surface area contributed by atoms with Gasteiger partial charge in [0.05, 0.1) is 11.4 Å². The van der Waals surface area contributed by atoms with Crippen LogP contribution in [0.3, 0.4) is 0 Å². The minimum Gasteiger partial charge on any atom is -0.398 e. The molecule has 0 radical (unpaired) electrons. The second kappa shape index (κ2) is 7.41. The van der Waals surface area contributed by atoms with E-state index in [0.717, 1.165) is 33.6 Å². The summed E-state index contributed by atoms with van der Waals surface area (Å²) in [4.78, 5) is 7.41. The number of aromatic nitrogens is 2. The van der Waals surface area contributed by atoms with Crippen molar-refractivity contribution >= 4 is 27.3 Å². The maximum absolute atomic E-state index is 6.07. The first-order chi connectivity index (χ1) is 12.6. The summed E-state index contributed by atoms with van der Waals surface area (Å²) in [6.45, 7) is 0.876. The average molecular weight is 413 g/mol. The predicted molar refractivity (Wildman–Crippen MR) is 111 cm³/mol. The Morgan fingerprint density at radius 2 is 1.85 bits per heavy atom. The van der Waals surface area contributed by atoms with Crippen LogP contribution in [0.15, 0.2) is 47.1 Å². The predicted octanol–water partition coefficient (Wildman–Crippen LogP) is 5.11. The minimum atomic E-state index is 0.660. The fourth-order valence-corrected chi connectivity index (χ4v) is 4.25. The molecule has 2 aromatic heterocycles. The van der Waals surface area contributed by atoms with E-state index in [4.69, 9.17) is 10.7 Å². The van der Waals surface area contributed by atoms with Crippen LogP contribution in [0.2, 0.25) is 0 Å². The van der Waals surface area contributed by atoms with E-state index in [0.29, 0.717) is 6.04 Å². The van der Waals surface area contributed by atoms with Crippen molar-refractivity contribution in [2.45, 2.75) is 44.7 Å². The Hall–Kier alpha value is -1.85. The quantitative estimate of drug-likeness (QED) is 0.647. The SMILES string of the molecule is CN(Cc1c(-c2ccc(Br)cc2)nc2ccc(N)cn12)C1CCCCC1. The maximum atomic E-state index is 6.07. The number of pyridine rings is 1. The van der Waals surface area contributed by atoms with Crippen molar-refractivity contribution in [1.29, 1.82) is 0 Å². The van der Waals surface area contributed by atoms with Crippen LogP contribution in [0.5, 0.6) is 0 Å². The zero-order valence-corrected chi connectivity index (χ0v) is 16.7. The number of fused-ring (bicyclic) bond motifs is 1. The highest BCUT2D eigenvalue weighted by atomic mass is 79.9. The molecule has 1 aliphatic rings. The summed E-state index contributed by atoms with van der Waals surface area (Å²) in [5.74, 6) is 0. The Kier molecular flexibility index (Phi) is 5.00. The lowest BCUT2D eigenvalue weighted by atomic mass is 9.94. The van der Waals surface area contributed by atoms with Crippen LogP contribution < -0.4 is 5.73 Å². The van der Waals surface area contributed by atoms with Crippen molar-refractivity contribution in [2.24, 2.45) is 0 Å². The van der Waals surface area contributed by atoms with Gasteiger partial charge in [-0.25, -0.2) is 4.98 Å². The van der Waals surface area contributed by atoms with Crippen LogP contribution in [0.4, 0.5) is 5.69 Å². The van der Waals surface area contributed by atoms with Gasteiger partial charge in [0.1, 0.15) is 5.65 Å². The number of hydrogen-bond donors (Lipinski definition) is 1. The molecule has 0 spiro atoms. The highest BCUT2D eigenvalue weighted by molar-refractivity contribution is 9.10. The lowest BCUT2D eigenvalue weighted by molar-refractivity contribution is 0.182. The summed E-state index contributed by atoms with van der Waals surface area (Å²) >= 11 is 3.52. The number of benzene rings is 1. The fraction of sp³-hybridized carbons (Fsp3) is 0.381. The third-order valence-electron chi connectivity index (χ3n) is 5.46. The van der Waals surface area contributed by atoms with E-state index in [2.05, 4.69) is 56.5 Å². The van der Waals surface area contributed by atoms with Gasteiger partial charge in [-0.05, 0) is 44.2 Å². The van der Waals surface area contributed by atoms with Crippen molar-refractivity contribution < 1.29 is 0 Å². The lowest BCUT2D eigenvalue weighted by Crippen LogP contribution is -2.33. The summed E-state index contributed by atoms with van der Waals surface area (Å²) in [6, 6.07) is 13.0. The zero-order chi connectivity index (χ0) is 18.1. The lowest BCUT2D eigenvalue weighted by Gasteiger charge is -2.31. The van der Waals surface area contributed by atoms with Gasteiger partial charge in [-0.15, -0.1) is 0 Å². The van der Waals surface area contributed by atoms with Crippen LogP contribution in [0, 0.1) is 0 Å². The molecular formula is C21H25BrN4. The molecule has 5 heteroatoms. The number of imidazole rings is 1. The van der Waals surface area contributed by atoms with Crippen LogP contribution in [-0.2, 0) is 6.54 Å². The van der Waals surface area contributed by atoms with Crippen molar-refractivity contribution in [1.82, 2.24) is 14.3 Å². The third-order valence-corrected chi connectivity index (χ3v) is 5.98. The molecule has 0 atom stereocenters. The molecule has 2 heterocycles. The van der Waals surface area contributed by atoms with Crippen molar-refractivity contribution in [2.75, 3.05) is 12.8 Å². The van der Waals surface area contributed by atoms with Crippen molar-refractivity contribution in [3.63, 3.8) is 0 Å². The first kappa shape index (κ1) is 17.6. The molecule has 1 saturated carbocycles. The van der Waals surface area contributed by atoms with Crippen molar-refractivity contribution in [3.05, 3.63) is 52.8 Å². The summed E-state index contributed by atoms with van der Waals surface area (Å²) in [5.41, 5.74) is 11.2. The topological polar surface area (TPSA) is 46.6 Å². The molecule has 2 N–H and O–H groups in total. The molecule has 1 aromatic carbocycles. The molecule has 1 fully saturated rings. The number of anilines is 1. The number of hydrogen-bond acceptors (Lipinski definition) is 3. The van der Waals surface area contributed by atoms with Crippen LogP contribution in [-0.4, -0.2) is 27.4 Å². The number of halogens is 1. The van der Waals surface area contributed by atoms with Crippen molar-refractivity contribution in [3.8, 4) is 11.3 Å². The normalized spacial score (nSPS) is 15.8. The van der Waals surface area contributed by atoms with Gasteiger partial charge in [-0.1, -0.05) is 47.3 Å². The Bertz CT molecular complexity index is 894. The smallest absolute Gasteiger partial charge is 0.137 e. The Morgan fingerprint density at radius 3 is 2.58 bits per heavy atom. The monoisotopic (exact) mass is 412 g/mol. The summed E-state index contributed by atoms with van der Waals surface area (Å²) in [6.07, 6.45) is 8.64. The second-order valence-electron chi connectivity index (χ2n) is 7.31. The molecule has 0 amide bonds. The van der Waals surface area contributed by atoms with Gasteiger partial charge >= 0.3 is 0 Å². The maximum Gasteiger partial charge on any atom is 0.137 e. The molecule has 0 bridgehead atoms. The largest absolute Gasteiger partial charge is 0.398 e. The summed E-state index contributed by atoms with van der Waals surface area (Å²) in [5, 5.41) is 0. The van der Waals surface area contributed by atoms with E-state index in [1.165, 1.54) is 37.8 Å². The average Bonchev–Trinajstić information content (AvgIpc) is 3.01. The summed E-state index contributed by atoms with van der Waals surface area (Å²) in [7, 11) is 2.24. The van der Waals surface area contributed by atoms with Gasteiger partial charge in [0.15, 0.2) is 0 Å². The standard InChI is InChI=1S/C21H25BrN4/c1-25(18-5-3-2-4-6-18)14-19-21(15-7-9-16(22)10-8-15)24-20-12-11-17(23)13-26(19)20/h7-13,18H,2-6,14,23H2,1H3. The minimum absolute atomic E-state index is 0.660. The highest BCUT2D eigenvalue weighted by Crippen LogP contribution is 2.29. The van der Waals surface area contributed by atoms with Gasteiger partial charge < -0.3 is 10.1 Å². The van der Waals surface area contributed by atoms with E-state index in [1.54, 1.807) is 0 Å². The molecule has 0 aliphatic heterocycles. The Balaban J connectivity index is 1.75. The van der Waals surface area contributed by atoms with Gasteiger partial charge in [-0.3, -0.25) is 4.90 Å². The van der Waals surface area contributed by atoms with Gasteiger partial charge in [0, 0.05) is 34.5 Å². The molecule has 4 rings (SSSR count). The van der Waals surface area contributed by atoms with Crippen LogP contribution in [0.25, 0.3) is 16.9 Å². The van der Waals surface area contributed by atoms with Gasteiger partial charge in [0.2, 0.25) is 0 Å². The molecule has 1 aliphatic carbocycles. The Morgan fingerprint density at radius 1 is 1.12 bits per heavy atom. The van der Waals surface area contributed by atoms with Crippen LogP contribution in [0.1, 0.15) is 37.8 Å². The molecular weight excluding hydrogens is 388 g/mol.